The molecule has 2 nitrogen and oxygen atoms in total. The summed E-state index contributed by atoms with van der Waals surface area (Å²) >= 11 is 0. The normalized spacial score (nSPS) is 17.1. The third-order valence-corrected chi connectivity index (χ3v) is 8.15. The van der Waals surface area contributed by atoms with E-state index in [9.17, 15) is 0 Å². The van der Waals surface area contributed by atoms with Crippen LogP contribution in [0.25, 0.3) is 44.9 Å². The summed E-state index contributed by atoms with van der Waals surface area (Å²) in [6, 6.07) is 46.3. The van der Waals surface area contributed by atoms with Gasteiger partial charge in [0.05, 0.1) is 22.9 Å². The lowest BCUT2D eigenvalue weighted by atomic mass is 9.83. The monoisotopic (exact) mass is 486 g/mol. The molecule has 0 spiro atoms. The van der Waals surface area contributed by atoms with Gasteiger partial charge in [-0.05, 0) is 52.1 Å². The Morgan fingerprint density at radius 3 is 2.16 bits per heavy atom. The Labute approximate surface area is 222 Å². The molecular weight excluding hydrogens is 460 g/mol. The second-order valence-corrected chi connectivity index (χ2v) is 10.2. The highest BCUT2D eigenvalue weighted by Gasteiger charge is 2.38. The van der Waals surface area contributed by atoms with Crippen molar-refractivity contribution in [2.24, 2.45) is 0 Å². The van der Waals surface area contributed by atoms with Crippen LogP contribution >= 0.6 is 0 Å². The molecule has 8 rings (SSSR count). The number of hydrogen-bond donors (Lipinski definition) is 1. The maximum Gasteiger partial charge on any atom is 0.0559 e. The molecule has 0 bridgehead atoms. The van der Waals surface area contributed by atoms with Crippen molar-refractivity contribution in [3.8, 4) is 27.9 Å². The molecule has 1 aromatic heterocycles. The zero-order valence-corrected chi connectivity index (χ0v) is 20.9. The average molecular weight is 487 g/mol. The first kappa shape index (κ1) is 21.3. The Kier molecular flexibility index (Phi) is 4.68. The van der Waals surface area contributed by atoms with Crippen LogP contribution in [0.15, 0.2) is 133 Å². The van der Waals surface area contributed by atoms with E-state index in [-0.39, 0.29) is 6.04 Å². The van der Waals surface area contributed by atoms with Crippen molar-refractivity contribution in [1.82, 2.24) is 4.57 Å². The highest BCUT2D eigenvalue weighted by molar-refractivity contribution is 5.94. The highest BCUT2D eigenvalue weighted by atomic mass is 15.0. The third-order valence-electron chi connectivity index (χ3n) is 8.15. The van der Waals surface area contributed by atoms with Gasteiger partial charge in [-0.2, -0.15) is 0 Å². The lowest BCUT2D eigenvalue weighted by Crippen LogP contribution is -2.22. The van der Waals surface area contributed by atoms with Gasteiger partial charge in [0.2, 0.25) is 0 Å². The van der Waals surface area contributed by atoms with Crippen LogP contribution in [-0.2, 0) is 0 Å². The number of fused-ring (bicyclic) bond motifs is 7. The quantitative estimate of drug-likeness (QED) is 0.264. The fraction of sp³-hybridized carbons (Fsp3) is 0.0556. The van der Waals surface area contributed by atoms with E-state index < -0.39 is 0 Å². The highest BCUT2D eigenvalue weighted by Crippen LogP contribution is 2.49. The first-order valence-corrected chi connectivity index (χ1v) is 13.3. The molecule has 6 aromatic rings. The molecule has 2 unspecified atom stereocenters. The lowest BCUT2D eigenvalue weighted by molar-refractivity contribution is 0.778. The fourth-order valence-corrected chi connectivity index (χ4v) is 6.47. The zero-order chi connectivity index (χ0) is 25.1. The smallest absolute Gasteiger partial charge is 0.0559 e. The largest absolute Gasteiger partial charge is 0.378 e. The van der Waals surface area contributed by atoms with E-state index in [1.165, 1.54) is 61.4 Å². The van der Waals surface area contributed by atoms with Crippen LogP contribution in [0.3, 0.4) is 0 Å². The maximum atomic E-state index is 3.75. The predicted molar refractivity (Wildman–Crippen MR) is 159 cm³/mol. The summed E-state index contributed by atoms with van der Waals surface area (Å²) in [5.41, 5.74) is 12.7. The van der Waals surface area contributed by atoms with Gasteiger partial charge in [-0.3, -0.25) is 0 Å². The molecule has 0 radical (unpaired) electrons. The van der Waals surface area contributed by atoms with Crippen LogP contribution in [0.2, 0.25) is 0 Å². The molecule has 1 aliphatic heterocycles. The molecule has 1 aliphatic carbocycles. The number of hydrogen-bond acceptors (Lipinski definition) is 1. The van der Waals surface area contributed by atoms with Crippen LogP contribution in [-0.4, -0.2) is 10.6 Å². The van der Waals surface area contributed by atoms with Gasteiger partial charge in [-0.15, -0.1) is 0 Å². The van der Waals surface area contributed by atoms with E-state index in [1.807, 2.05) is 0 Å². The van der Waals surface area contributed by atoms with Crippen molar-refractivity contribution >= 4 is 22.7 Å². The molecule has 38 heavy (non-hydrogen) atoms. The van der Waals surface area contributed by atoms with Crippen LogP contribution in [0.5, 0.6) is 0 Å². The van der Waals surface area contributed by atoms with Gasteiger partial charge in [0, 0.05) is 22.6 Å². The standard InChI is InChI=1S/C36H26N2/c1-2-10-24(11-3-1)25-18-20-26(21-19-25)27-12-5-8-16-32(27)38-33-17-9-6-14-29(33)36-34(38)23-22-31-35(36)28-13-4-7-15-30(28)37-31/h1-23,31,35,37H. The Bertz CT molecular complexity index is 1840. The summed E-state index contributed by atoms with van der Waals surface area (Å²) in [7, 11) is 0. The minimum Gasteiger partial charge on any atom is -0.378 e. The van der Waals surface area contributed by atoms with Crippen molar-refractivity contribution in [1.29, 1.82) is 0 Å². The first-order valence-electron chi connectivity index (χ1n) is 13.3. The summed E-state index contributed by atoms with van der Waals surface area (Å²) in [5, 5.41) is 5.08. The minimum absolute atomic E-state index is 0.278. The van der Waals surface area contributed by atoms with Crippen LogP contribution < -0.4 is 5.32 Å². The van der Waals surface area contributed by atoms with Crippen molar-refractivity contribution in [2.45, 2.75) is 12.0 Å². The van der Waals surface area contributed by atoms with Crippen molar-refractivity contribution in [3.05, 3.63) is 150 Å². The Morgan fingerprint density at radius 1 is 0.579 bits per heavy atom. The molecule has 2 heteroatoms. The van der Waals surface area contributed by atoms with Gasteiger partial charge >= 0.3 is 0 Å². The van der Waals surface area contributed by atoms with E-state index >= 15 is 0 Å². The van der Waals surface area contributed by atoms with Crippen molar-refractivity contribution in [2.75, 3.05) is 5.32 Å². The van der Waals surface area contributed by atoms with Gasteiger partial charge in [0.1, 0.15) is 0 Å². The van der Waals surface area contributed by atoms with E-state index in [4.69, 9.17) is 0 Å². The number of aromatic nitrogens is 1. The molecule has 180 valence electrons. The number of nitrogens with zero attached hydrogens (tertiary/aromatic N) is 1. The number of nitrogens with one attached hydrogen (secondary N) is 1. The zero-order valence-electron chi connectivity index (χ0n) is 20.9. The molecule has 2 aliphatic rings. The van der Waals surface area contributed by atoms with Crippen molar-refractivity contribution < 1.29 is 0 Å². The first-order chi connectivity index (χ1) is 18.9. The summed E-state index contributed by atoms with van der Waals surface area (Å²) in [5.74, 6) is 0.301. The molecule has 2 atom stereocenters. The van der Waals surface area contributed by atoms with Crippen LogP contribution in [0.4, 0.5) is 5.69 Å². The summed E-state index contributed by atoms with van der Waals surface area (Å²) in [6.07, 6.45) is 4.67. The van der Waals surface area contributed by atoms with Crippen LogP contribution in [0, 0.1) is 0 Å². The molecule has 0 saturated heterocycles. The van der Waals surface area contributed by atoms with Crippen molar-refractivity contribution in [3.63, 3.8) is 0 Å². The van der Waals surface area contributed by atoms with Gasteiger partial charge in [-0.1, -0.05) is 115 Å². The third kappa shape index (κ3) is 3.13. The Balaban J connectivity index is 1.32. The molecule has 1 N–H and O–H groups in total. The molecule has 0 saturated carbocycles. The van der Waals surface area contributed by atoms with Gasteiger partial charge in [0.15, 0.2) is 0 Å². The SMILES string of the molecule is C1=CC2Nc3ccccc3C2c2c1n(-c1ccccc1-c1ccc(-c3ccccc3)cc1)c1ccccc21. The minimum atomic E-state index is 0.278. The second kappa shape index (κ2) is 8.36. The second-order valence-electron chi connectivity index (χ2n) is 10.2. The topological polar surface area (TPSA) is 17.0 Å². The van der Waals surface area contributed by atoms with Gasteiger partial charge < -0.3 is 9.88 Å². The number of para-hydroxylation sites is 3. The molecule has 0 fully saturated rings. The fourth-order valence-electron chi connectivity index (χ4n) is 6.47. The number of anilines is 1. The van der Waals surface area contributed by atoms with Gasteiger partial charge in [0.25, 0.3) is 0 Å². The summed E-state index contributed by atoms with van der Waals surface area (Å²) in [4.78, 5) is 0. The van der Waals surface area contributed by atoms with E-state index in [1.54, 1.807) is 0 Å². The lowest BCUT2D eigenvalue weighted by Gasteiger charge is -2.24. The summed E-state index contributed by atoms with van der Waals surface area (Å²) in [6.45, 7) is 0. The van der Waals surface area contributed by atoms with Gasteiger partial charge in [-0.25, -0.2) is 0 Å². The molecule has 2 heterocycles. The summed E-state index contributed by atoms with van der Waals surface area (Å²) < 4.78 is 2.47. The average Bonchev–Trinajstić information content (AvgIpc) is 3.53. The van der Waals surface area contributed by atoms with E-state index in [2.05, 4.69) is 149 Å². The molecule has 5 aromatic carbocycles. The molecule has 0 amide bonds. The van der Waals surface area contributed by atoms with E-state index in [0.717, 1.165) is 0 Å². The number of rotatable bonds is 3. The Morgan fingerprint density at radius 2 is 1.26 bits per heavy atom. The van der Waals surface area contributed by atoms with Crippen LogP contribution in [0.1, 0.15) is 22.7 Å². The Hall–Kier alpha value is -4.82. The van der Waals surface area contributed by atoms with E-state index in [0.29, 0.717) is 5.92 Å². The maximum absolute atomic E-state index is 3.75. The predicted octanol–water partition coefficient (Wildman–Crippen LogP) is 8.92. The molecular formula is C36H26N2. The number of benzene rings is 5.